The second kappa shape index (κ2) is 4.69. The molecule has 0 bridgehead atoms. The number of hydrogen-bond donors (Lipinski definition) is 1. The van der Waals surface area contributed by atoms with Crippen LogP contribution in [0.2, 0.25) is 0 Å². The first kappa shape index (κ1) is 11.7. The molecule has 1 aromatic rings. The van der Waals surface area contributed by atoms with Gasteiger partial charge in [-0.25, -0.2) is 0 Å². The van der Waals surface area contributed by atoms with Gasteiger partial charge in [0.15, 0.2) is 11.5 Å². The molecule has 98 valence electrons. The van der Waals surface area contributed by atoms with Crippen LogP contribution in [0.25, 0.3) is 0 Å². The number of benzene rings is 1. The van der Waals surface area contributed by atoms with Crippen molar-refractivity contribution < 1.29 is 9.47 Å². The highest BCUT2D eigenvalue weighted by Gasteiger charge is 2.26. The van der Waals surface area contributed by atoms with Crippen molar-refractivity contribution in [1.29, 1.82) is 0 Å². The SMILES string of the molecule is CNCCC1CCc2cc3c(cc2N1C)OCO3. The van der Waals surface area contributed by atoms with Crippen LogP contribution in [0, 0.1) is 0 Å². The summed E-state index contributed by atoms with van der Waals surface area (Å²) in [4.78, 5) is 2.39. The first-order valence-corrected chi connectivity index (χ1v) is 6.59. The van der Waals surface area contributed by atoms with Gasteiger partial charge in [-0.1, -0.05) is 0 Å². The van der Waals surface area contributed by atoms with Gasteiger partial charge in [0, 0.05) is 24.8 Å². The predicted molar refractivity (Wildman–Crippen MR) is 71.6 cm³/mol. The molecular weight excluding hydrogens is 228 g/mol. The largest absolute Gasteiger partial charge is 0.454 e. The van der Waals surface area contributed by atoms with Crippen LogP contribution in [-0.2, 0) is 6.42 Å². The van der Waals surface area contributed by atoms with Crippen molar-refractivity contribution in [3.8, 4) is 11.5 Å². The third-order valence-electron chi connectivity index (χ3n) is 3.98. The summed E-state index contributed by atoms with van der Waals surface area (Å²) < 4.78 is 10.9. The molecule has 2 aliphatic heterocycles. The Labute approximate surface area is 108 Å². The molecule has 1 aromatic carbocycles. The lowest BCUT2D eigenvalue weighted by Crippen LogP contribution is -2.37. The average Bonchev–Trinajstić information content (AvgIpc) is 2.83. The molecule has 4 heteroatoms. The van der Waals surface area contributed by atoms with Crippen molar-refractivity contribution in [2.24, 2.45) is 0 Å². The van der Waals surface area contributed by atoms with Crippen molar-refractivity contribution in [2.75, 3.05) is 32.3 Å². The Morgan fingerprint density at radius 1 is 1.33 bits per heavy atom. The summed E-state index contributed by atoms with van der Waals surface area (Å²) in [6, 6.07) is 4.89. The van der Waals surface area contributed by atoms with Crippen molar-refractivity contribution in [1.82, 2.24) is 5.32 Å². The second-order valence-corrected chi connectivity index (χ2v) is 5.03. The Kier molecular flexibility index (Phi) is 3.04. The molecule has 1 atom stereocenters. The Hall–Kier alpha value is -1.42. The van der Waals surface area contributed by atoms with Gasteiger partial charge in [-0.2, -0.15) is 0 Å². The van der Waals surface area contributed by atoms with Crippen LogP contribution < -0.4 is 19.7 Å². The summed E-state index contributed by atoms with van der Waals surface area (Å²) in [5.74, 6) is 1.78. The zero-order valence-electron chi connectivity index (χ0n) is 11.0. The zero-order chi connectivity index (χ0) is 12.5. The van der Waals surface area contributed by atoms with Gasteiger partial charge < -0.3 is 19.7 Å². The average molecular weight is 248 g/mol. The molecular formula is C14H20N2O2. The van der Waals surface area contributed by atoms with Gasteiger partial charge in [-0.15, -0.1) is 0 Å². The fraction of sp³-hybridized carbons (Fsp3) is 0.571. The molecule has 0 saturated carbocycles. The van der Waals surface area contributed by atoms with Gasteiger partial charge in [-0.3, -0.25) is 0 Å². The molecule has 18 heavy (non-hydrogen) atoms. The van der Waals surface area contributed by atoms with E-state index in [0.717, 1.165) is 24.5 Å². The normalized spacial score (nSPS) is 21.0. The van der Waals surface area contributed by atoms with Crippen LogP contribution in [0.4, 0.5) is 5.69 Å². The molecule has 4 nitrogen and oxygen atoms in total. The number of fused-ring (bicyclic) bond motifs is 2. The molecule has 3 rings (SSSR count). The van der Waals surface area contributed by atoms with E-state index in [0.29, 0.717) is 12.8 Å². The van der Waals surface area contributed by atoms with Gasteiger partial charge >= 0.3 is 0 Å². The maximum atomic E-state index is 5.47. The minimum atomic E-state index is 0.352. The van der Waals surface area contributed by atoms with E-state index >= 15 is 0 Å². The summed E-state index contributed by atoms with van der Waals surface area (Å²) >= 11 is 0. The van der Waals surface area contributed by atoms with Crippen LogP contribution in [0.1, 0.15) is 18.4 Å². The van der Waals surface area contributed by atoms with E-state index in [1.54, 1.807) is 0 Å². The Morgan fingerprint density at radius 3 is 2.89 bits per heavy atom. The number of nitrogens with zero attached hydrogens (tertiary/aromatic N) is 1. The molecule has 2 aliphatic rings. The summed E-state index contributed by atoms with van der Waals surface area (Å²) in [7, 11) is 4.19. The van der Waals surface area contributed by atoms with Crippen molar-refractivity contribution in [2.45, 2.75) is 25.3 Å². The third kappa shape index (κ3) is 1.90. The van der Waals surface area contributed by atoms with Gasteiger partial charge in [0.05, 0.1) is 0 Å². The number of aryl methyl sites for hydroxylation is 1. The second-order valence-electron chi connectivity index (χ2n) is 5.03. The third-order valence-corrected chi connectivity index (χ3v) is 3.98. The molecule has 2 heterocycles. The van der Waals surface area contributed by atoms with Crippen LogP contribution in [0.3, 0.4) is 0 Å². The van der Waals surface area contributed by atoms with E-state index in [4.69, 9.17) is 9.47 Å². The molecule has 0 fully saturated rings. The molecule has 0 spiro atoms. The smallest absolute Gasteiger partial charge is 0.231 e. The highest BCUT2D eigenvalue weighted by Crippen LogP contribution is 2.41. The number of nitrogens with one attached hydrogen (secondary N) is 1. The van der Waals surface area contributed by atoms with E-state index in [2.05, 4.69) is 29.4 Å². The van der Waals surface area contributed by atoms with Gasteiger partial charge in [0.25, 0.3) is 0 Å². The fourth-order valence-electron chi connectivity index (χ4n) is 2.86. The van der Waals surface area contributed by atoms with E-state index < -0.39 is 0 Å². The summed E-state index contributed by atoms with van der Waals surface area (Å²) in [6.07, 6.45) is 3.52. The Morgan fingerprint density at radius 2 is 2.11 bits per heavy atom. The quantitative estimate of drug-likeness (QED) is 0.884. The van der Waals surface area contributed by atoms with Gasteiger partial charge in [-0.05, 0) is 44.5 Å². The summed E-state index contributed by atoms with van der Waals surface area (Å²) in [5.41, 5.74) is 2.68. The van der Waals surface area contributed by atoms with Crippen molar-refractivity contribution in [3.05, 3.63) is 17.7 Å². The fourth-order valence-corrected chi connectivity index (χ4v) is 2.86. The summed E-state index contributed by atoms with van der Waals surface area (Å²) in [6.45, 7) is 1.42. The maximum Gasteiger partial charge on any atom is 0.231 e. The van der Waals surface area contributed by atoms with E-state index in [1.807, 2.05) is 7.05 Å². The minimum Gasteiger partial charge on any atom is -0.454 e. The topological polar surface area (TPSA) is 33.7 Å². The molecule has 0 saturated heterocycles. The summed E-state index contributed by atoms with van der Waals surface area (Å²) in [5, 5.41) is 3.23. The molecule has 0 radical (unpaired) electrons. The van der Waals surface area contributed by atoms with E-state index in [-0.39, 0.29) is 0 Å². The van der Waals surface area contributed by atoms with E-state index in [9.17, 15) is 0 Å². The maximum absolute atomic E-state index is 5.47. The van der Waals surface area contributed by atoms with Crippen LogP contribution in [-0.4, -0.2) is 33.5 Å². The molecule has 1 unspecified atom stereocenters. The molecule has 1 N–H and O–H groups in total. The van der Waals surface area contributed by atoms with Gasteiger partial charge in [0.1, 0.15) is 0 Å². The molecule has 0 amide bonds. The number of anilines is 1. The highest BCUT2D eigenvalue weighted by molar-refractivity contribution is 5.64. The first-order chi connectivity index (χ1) is 8.79. The minimum absolute atomic E-state index is 0.352. The lowest BCUT2D eigenvalue weighted by molar-refractivity contribution is 0.174. The predicted octanol–water partition coefficient (Wildman–Crippen LogP) is 1.78. The van der Waals surface area contributed by atoms with Gasteiger partial charge in [0.2, 0.25) is 6.79 Å². The monoisotopic (exact) mass is 248 g/mol. The molecule has 0 aromatic heterocycles. The number of ether oxygens (including phenoxy) is 2. The first-order valence-electron chi connectivity index (χ1n) is 6.59. The lowest BCUT2D eigenvalue weighted by Gasteiger charge is -2.36. The van der Waals surface area contributed by atoms with Crippen LogP contribution >= 0.6 is 0 Å². The Balaban J connectivity index is 1.86. The number of rotatable bonds is 3. The Bertz CT molecular complexity index is 448. The van der Waals surface area contributed by atoms with Crippen molar-refractivity contribution >= 4 is 5.69 Å². The van der Waals surface area contributed by atoms with Crippen LogP contribution in [0.5, 0.6) is 11.5 Å². The van der Waals surface area contributed by atoms with Crippen LogP contribution in [0.15, 0.2) is 12.1 Å². The highest BCUT2D eigenvalue weighted by atomic mass is 16.7. The standard InChI is InChI=1S/C14H20N2O2/c1-15-6-5-11-4-3-10-7-13-14(18-9-17-13)8-12(10)16(11)2/h7-8,11,15H,3-6,9H2,1-2H3. The molecule has 0 aliphatic carbocycles. The van der Waals surface area contributed by atoms with Crippen molar-refractivity contribution in [3.63, 3.8) is 0 Å². The number of hydrogen-bond acceptors (Lipinski definition) is 4. The lowest BCUT2D eigenvalue weighted by atomic mass is 9.94. The van der Waals surface area contributed by atoms with E-state index in [1.165, 1.54) is 24.1 Å². The zero-order valence-corrected chi connectivity index (χ0v) is 11.0.